The van der Waals surface area contributed by atoms with Crippen LogP contribution >= 0.6 is 0 Å². The van der Waals surface area contributed by atoms with Crippen molar-refractivity contribution in [2.45, 2.75) is 96.9 Å². The van der Waals surface area contributed by atoms with Gasteiger partial charge in [0, 0.05) is 5.92 Å². The lowest BCUT2D eigenvalue weighted by molar-refractivity contribution is -0.0321. The van der Waals surface area contributed by atoms with E-state index in [9.17, 15) is 0 Å². The molecule has 0 unspecified atom stereocenters. The first kappa shape index (κ1) is 22.6. The van der Waals surface area contributed by atoms with Crippen LogP contribution in [-0.2, 0) is 20.5 Å². The molecule has 0 aromatic heterocycles. The second-order valence-corrected chi connectivity index (χ2v) is 14.6. The summed E-state index contributed by atoms with van der Waals surface area (Å²) < 4.78 is 19.0. The standard InChI is InChI=1S/C23H40O3Si/c1-16(2)27(17(3)4,18(5)6)25-15-22(19(7)23-20(8)26-23)24-14-21-12-10-9-11-13-21/h9-13,16-20,22-23H,14-15H2,1-8H3/t19-,20+,22+,23-/m1/s1. The largest absolute Gasteiger partial charge is 0.413 e. The van der Waals surface area contributed by atoms with Crippen LogP contribution in [0.2, 0.25) is 16.6 Å². The van der Waals surface area contributed by atoms with Crippen LogP contribution in [0.25, 0.3) is 0 Å². The average Bonchev–Trinajstić information content (AvgIpc) is 3.34. The van der Waals surface area contributed by atoms with Crippen LogP contribution in [0.15, 0.2) is 30.3 Å². The van der Waals surface area contributed by atoms with Crippen molar-refractivity contribution >= 4 is 8.32 Å². The number of epoxide rings is 1. The Morgan fingerprint density at radius 1 is 0.926 bits per heavy atom. The second-order valence-electron chi connectivity index (χ2n) is 9.13. The third-order valence-electron chi connectivity index (χ3n) is 6.37. The first-order chi connectivity index (χ1) is 12.7. The van der Waals surface area contributed by atoms with E-state index >= 15 is 0 Å². The van der Waals surface area contributed by atoms with Gasteiger partial charge in [-0.1, -0.05) is 78.8 Å². The summed E-state index contributed by atoms with van der Waals surface area (Å²) in [5, 5.41) is 0. The lowest BCUT2D eigenvalue weighted by Crippen LogP contribution is -2.50. The number of hydrogen-bond donors (Lipinski definition) is 0. The maximum absolute atomic E-state index is 6.86. The van der Waals surface area contributed by atoms with E-state index < -0.39 is 8.32 Å². The molecule has 0 saturated carbocycles. The molecule has 1 fully saturated rings. The van der Waals surface area contributed by atoms with Crippen molar-refractivity contribution in [2.24, 2.45) is 5.92 Å². The third kappa shape index (κ3) is 5.44. The number of benzene rings is 1. The minimum absolute atomic E-state index is 0.0586. The summed E-state index contributed by atoms with van der Waals surface area (Å²) >= 11 is 0. The van der Waals surface area contributed by atoms with E-state index in [4.69, 9.17) is 13.9 Å². The summed E-state index contributed by atoms with van der Waals surface area (Å²) in [6, 6.07) is 10.4. The molecule has 1 aliphatic rings. The molecular formula is C23H40O3Si. The first-order valence-corrected chi connectivity index (χ1v) is 12.8. The summed E-state index contributed by atoms with van der Waals surface area (Å²) in [5.41, 5.74) is 2.95. The molecule has 0 bridgehead atoms. The van der Waals surface area contributed by atoms with E-state index in [0.29, 0.717) is 48.0 Å². The van der Waals surface area contributed by atoms with Crippen LogP contribution < -0.4 is 0 Å². The Morgan fingerprint density at radius 3 is 1.89 bits per heavy atom. The molecule has 1 aliphatic heterocycles. The van der Waals surface area contributed by atoms with E-state index in [2.05, 4.69) is 79.7 Å². The molecule has 27 heavy (non-hydrogen) atoms. The molecule has 1 aromatic carbocycles. The van der Waals surface area contributed by atoms with Gasteiger partial charge in [-0.2, -0.15) is 0 Å². The lowest BCUT2D eigenvalue weighted by Gasteiger charge is -2.43. The summed E-state index contributed by atoms with van der Waals surface area (Å²) in [5.74, 6) is 0.335. The Hall–Kier alpha value is -0.683. The van der Waals surface area contributed by atoms with Gasteiger partial charge in [0.1, 0.15) is 0 Å². The van der Waals surface area contributed by atoms with E-state index in [1.807, 2.05) is 6.07 Å². The lowest BCUT2D eigenvalue weighted by atomic mass is 9.99. The maximum atomic E-state index is 6.86. The van der Waals surface area contributed by atoms with Gasteiger partial charge in [0.25, 0.3) is 0 Å². The Kier molecular flexibility index (Phi) is 8.11. The highest BCUT2D eigenvalue weighted by Gasteiger charge is 2.47. The van der Waals surface area contributed by atoms with Gasteiger partial charge in [-0.05, 0) is 29.1 Å². The Morgan fingerprint density at radius 2 is 1.44 bits per heavy atom. The fourth-order valence-electron chi connectivity index (χ4n) is 4.82. The molecule has 1 heterocycles. The van der Waals surface area contributed by atoms with Gasteiger partial charge in [-0.15, -0.1) is 0 Å². The van der Waals surface area contributed by atoms with Crippen LogP contribution in [-0.4, -0.2) is 33.2 Å². The Bertz CT molecular complexity index is 536. The molecule has 0 N–H and O–H groups in total. The van der Waals surface area contributed by atoms with Crippen molar-refractivity contribution in [3.8, 4) is 0 Å². The van der Waals surface area contributed by atoms with Gasteiger partial charge < -0.3 is 13.9 Å². The average molecular weight is 393 g/mol. The molecule has 1 saturated heterocycles. The van der Waals surface area contributed by atoms with E-state index in [-0.39, 0.29) is 6.10 Å². The predicted molar refractivity (Wildman–Crippen MR) is 116 cm³/mol. The Labute approximate surface area is 167 Å². The first-order valence-electron chi connectivity index (χ1n) is 10.6. The Balaban J connectivity index is 2.10. The fourth-order valence-corrected chi connectivity index (χ4v) is 10.3. The van der Waals surface area contributed by atoms with Gasteiger partial charge in [0.2, 0.25) is 0 Å². The summed E-state index contributed by atoms with van der Waals surface area (Å²) in [6.07, 6.45) is 0.691. The quantitative estimate of drug-likeness (QED) is 0.332. The zero-order valence-corrected chi connectivity index (χ0v) is 19.6. The van der Waals surface area contributed by atoms with Crippen LogP contribution in [0.4, 0.5) is 0 Å². The summed E-state index contributed by atoms with van der Waals surface area (Å²) in [7, 11) is -1.90. The molecule has 4 atom stereocenters. The van der Waals surface area contributed by atoms with Gasteiger partial charge in [0.05, 0.1) is 31.5 Å². The SMILES string of the molecule is CC(C)[Si](OC[C@H](OCc1ccccc1)[C@@H](C)[C@H]1O[C@H]1C)(C(C)C)C(C)C. The van der Waals surface area contributed by atoms with Gasteiger partial charge in [0.15, 0.2) is 8.32 Å². The van der Waals surface area contributed by atoms with E-state index in [0.717, 1.165) is 0 Å². The van der Waals surface area contributed by atoms with Crippen molar-refractivity contribution in [2.75, 3.05) is 6.61 Å². The molecule has 0 spiro atoms. The van der Waals surface area contributed by atoms with Crippen molar-refractivity contribution in [3.05, 3.63) is 35.9 Å². The van der Waals surface area contributed by atoms with E-state index in [1.165, 1.54) is 5.56 Å². The number of rotatable bonds is 11. The summed E-state index contributed by atoms with van der Waals surface area (Å²) in [6.45, 7) is 19.7. The van der Waals surface area contributed by atoms with Crippen LogP contribution in [0.5, 0.6) is 0 Å². The molecular weight excluding hydrogens is 352 g/mol. The molecule has 0 radical (unpaired) electrons. The topological polar surface area (TPSA) is 31.0 Å². The molecule has 0 amide bonds. The molecule has 2 rings (SSSR count). The van der Waals surface area contributed by atoms with Crippen LogP contribution in [0, 0.1) is 5.92 Å². The smallest absolute Gasteiger partial charge is 0.200 e. The van der Waals surface area contributed by atoms with E-state index in [1.54, 1.807) is 0 Å². The zero-order chi connectivity index (χ0) is 20.2. The molecule has 0 aliphatic carbocycles. The monoisotopic (exact) mass is 392 g/mol. The maximum Gasteiger partial charge on any atom is 0.200 e. The van der Waals surface area contributed by atoms with Crippen LogP contribution in [0.3, 0.4) is 0 Å². The minimum Gasteiger partial charge on any atom is -0.413 e. The third-order valence-corrected chi connectivity index (χ3v) is 12.5. The van der Waals surface area contributed by atoms with Gasteiger partial charge >= 0.3 is 0 Å². The number of ether oxygens (including phenoxy) is 2. The van der Waals surface area contributed by atoms with Crippen molar-refractivity contribution in [1.29, 1.82) is 0 Å². The van der Waals surface area contributed by atoms with Crippen molar-refractivity contribution in [3.63, 3.8) is 0 Å². The summed E-state index contributed by atoms with van der Waals surface area (Å²) in [4.78, 5) is 0. The molecule has 4 heteroatoms. The highest BCUT2D eigenvalue weighted by molar-refractivity contribution is 6.77. The molecule has 154 valence electrons. The highest BCUT2D eigenvalue weighted by atomic mass is 28.4. The van der Waals surface area contributed by atoms with Crippen molar-refractivity contribution in [1.82, 2.24) is 0 Å². The van der Waals surface area contributed by atoms with Crippen molar-refractivity contribution < 1.29 is 13.9 Å². The van der Waals surface area contributed by atoms with Gasteiger partial charge in [-0.3, -0.25) is 0 Å². The molecule has 1 aromatic rings. The second kappa shape index (κ2) is 9.68. The van der Waals surface area contributed by atoms with Gasteiger partial charge in [-0.25, -0.2) is 0 Å². The normalized spacial score (nSPS) is 22.5. The van der Waals surface area contributed by atoms with Crippen LogP contribution in [0.1, 0.15) is 61.0 Å². The predicted octanol–water partition coefficient (Wildman–Crippen LogP) is 6.19. The highest BCUT2D eigenvalue weighted by Crippen LogP contribution is 2.43. The minimum atomic E-state index is -1.90. The molecule has 3 nitrogen and oxygen atoms in total. The fraction of sp³-hybridized carbons (Fsp3) is 0.739. The zero-order valence-electron chi connectivity index (χ0n) is 18.6. The number of hydrogen-bond acceptors (Lipinski definition) is 3.